The highest BCUT2D eigenvalue weighted by molar-refractivity contribution is 5.37. The van der Waals surface area contributed by atoms with Gasteiger partial charge in [0.1, 0.15) is 5.76 Å². The first-order valence-electron chi connectivity index (χ1n) is 6.47. The van der Waals surface area contributed by atoms with Gasteiger partial charge >= 0.3 is 0 Å². The van der Waals surface area contributed by atoms with Crippen LogP contribution in [-0.2, 0) is 0 Å². The van der Waals surface area contributed by atoms with Crippen LogP contribution in [0.4, 0.5) is 0 Å². The predicted molar refractivity (Wildman–Crippen MR) is 74.9 cm³/mol. The van der Waals surface area contributed by atoms with E-state index in [1.54, 1.807) is 6.26 Å². The molecular weight excluding hydrogens is 222 g/mol. The van der Waals surface area contributed by atoms with Gasteiger partial charge in [-0.1, -0.05) is 36.2 Å². The van der Waals surface area contributed by atoms with E-state index in [4.69, 9.17) is 4.42 Å². The van der Waals surface area contributed by atoms with Crippen LogP contribution in [-0.4, -0.2) is 6.54 Å². The maximum absolute atomic E-state index is 5.43. The molecule has 0 saturated carbocycles. The molecule has 0 aliphatic rings. The highest BCUT2D eigenvalue weighted by Gasteiger charge is 2.17. The maximum Gasteiger partial charge on any atom is 0.105 e. The normalized spacial score (nSPS) is 12.7. The van der Waals surface area contributed by atoms with Crippen LogP contribution in [0.1, 0.15) is 41.0 Å². The molecule has 0 bridgehead atoms. The molecule has 18 heavy (non-hydrogen) atoms. The molecule has 2 nitrogen and oxygen atoms in total. The summed E-state index contributed by atoms with van der Waals surface area (Å²) in [6, 6.07) is 8.96. The predicted octanol–water partition coefficient (Wildman–Crippen LogP) is 3.90. The lowest BCUT2D eigenvalue weighted by atomic mass is 9.96. The third-order valence-corrected chi connectivity index (χ3v) is 3.20. The Labute approximate surface area is 109 Å². The topological polar surface area (TPSA) is 25.2 Å². The minimum absolute atomic E-state index is 0.215. The van der Waals surface area contributed by atoms with Crippen molar-refractivity contribution in [3.05, 3.63) is 58.5 Å². The van der Waals surface area contributed by atoms with Crippen molar-refractivity contribution >= 4 is 0 Å². The lowest BCUT2D eigenvalue weighted by molar-refractivity contribution is 0.520. The molecule has 1 aromatic heterocycles. The van der Waals surface area contributed by atoms with Crippen LogP contribution < -0.4 is 5.32 Å². The summed E-state index contributed by atoms with van der Waals surface area (Å²) >= 11 is 0. The number of benzene rings is 1. The van der Waals surface area contributed by atoms with Crippen LogP contribution in [0.25, 0.3) is 0 Å². The zero-order valence-corrected chi connectivity index (χ0v) is 11.6. The highest BCUT2D eigenvalue weighted by atomic mass is 16.3. The Morgan fingerprint density at radius 3 is 2.28 bits per heavy atom. The maximum atomic E-state index is 5.43. The smallest absolute Gasteiger partial charge is 0.105 e. The minimum atomic E-state index is 0.215. The first-order valence-corrected chi connectivity index (χ1v) is 6.47. The zero-order chi connectivity index (χ0) is 13.1. The van der Waals surface area contributed by atoms with Crippen molar-refractivity contribution in [1.82, 2.24) is 5.32 Å². The molecule has 2 rings (SSSR count). The van der Waals surface area contributed by atoms with Gasteiger partial charge in [0.15, 0.2) is 0 Å². The van der Waals surface area contributed by atoms with Gasteiger partial charge in [-0.05, 0) is 38.9 Å². The standard InChI is InChI=1S/C16H21NO/c1-5-17-16(15-6-7-18-13(15)4)14-9-11(2)8-12(3)10-14/h6-10,16-17H,5H2,1-4H3. The van der Waals surface area contributed by atoms with E-state index in [0.29, 0.717) is 0 Å². The molecule has 0 fully saturated rings. The van der Waals surface area contributed by atoms with Crippen molar-refractivity contribution in [1.29, 1.82) is 0 Å². The summed E-state index contributed by atoms with van der Waals surface area (Å²) in [7, 11) is 0. The average molecular weight is 243 g/mol. The molecule has 1 unspecified atom stereocenters. The van der Waals surface area contributed by atoms with Gasteiger partial charge in [0.05, 0.1) is 12.3 Å². The molecule has 0 spiro atoms. The molecule has 1 aromatic carbocycles. The molecule has 96 valence electrons. The van der Waals surface area contributed by atoms with Crippen LogP contribution in [0.3, 0.4) is 0 Å². The third-order valence-electron chi connectivity index (χ3n) is 3.20. The van der Waals surface area contributed by atoms with E-state index < -0.39 is 0 Å². The van der Waals surface area contributed by atoms with Crippen LogP contribution in [0.2, 0.25) is 0 Å². The molecule has 0 aliphatic heterocycles. The van der Waals surface area contributed by atoms with Crippen molar-refractivity contribution in [3.63, 3.8) is 0 Å². The Hall–Kier alpha value is -1.54. The van der Waals surface area contributed by atoms with E-state index in [-0.39, 0.29) is 6.04 Å². The second-order valence-electron chi connectivity index (χ2n) is 4.84. The molecular formula is C16H21NO. The van der Waals surface area contributed by atoms with Crippen molar-refractivity contribution in [3.8, 4) is 0 Å². The van der Waals surface area contributed by atoms with Gasteiger partial charge in [0.25, 0.3) is 0 Å². The molecule has 2 aromatic rings. The summed E-state index contributed by atoms with van der Waals surface area (Å²) in [4.78, 5) is 0. The monoisotopic (exact) mass is 243 g/mol. The Morgan fingerprint density at radius 1 is 1.11 bits per heavy atom. The Morgan fingerprint density at radius 2 is 1.78 bits per heavy atom. The highest BCUT2D eigenvalue weighted by Crippen LogP contribution is 2.27. The Balaban J connectivity index is 2.44. The number of aryl methyl sites for hydroxylation is 3. The van der Waals surface area contributed by atoms with E-state index in [1.807, 2.05) is 6.92 Å². The minimum Gasteiger partial charge on any atom is -0.469 e. The summed E-state index contributed by atoms with van der Waals surface area (Å²) in [6.07, 6.45) is 1.76. The van der Waals surface area contributed by atoms with E-state index >= 15 is 0 Å². The van der Waals surface area contributed by atoms with E-state index in [1.165, 1.54) is 22.3 Å². The number of furan rings is 1. The van der Waals surface area contributed by atoms with Gasteiger partial charge in [-0.25, -0.2) is 0 Å². The molecule has 0 radical (unpaired) electrons. The van der Waals surface area contributed by atoms with Gasteiger partial charge in [0, 0.05) is 5.56 Å². The molecule has 1 N–H and O–H groups in total. The van der Waals surface area contributed by atoms with Crippen LogP contribution in [0, 0.1) is 20.8 Å². The summed E-state index contributed by atoms with van der Waals surface area (Å²) in [5.41, 5.74) is 5.13. The first-order chi connectivity index (χ1) is 8.61. The fourth-order valence-electron chi connectivity index (χ4n) is 2.48. The quantitative estimate of drug-likeness (QED) is 0.881. The lowest BCUT2D eigenvalue weighted by Crippen LogP contribution is -2.22. The Kier molecular flexibility index (Phi) is 3.87. The number of hydrogen-bond donors (Lipinski definition) is 1. The zero-order valence-electron chi connectivity index (χ0n) is 11.6. The molecule has 1 heterocycles. The fraction of sp³-hybridized carbons (Fsp3) is 0.375. The van der Waals surface area contributed by atoms with Crippen LogP contribution in [0.5, 0.6) is 0 Å². The van der Waals surface area contributed by atoms with Crippen molar-refractivity contribution in [2.45, 2.75) is 33.7 Å². The number of rotatable bonds is 4. The van der Waals surface area contributed by atoms with Crippen molar-refractivity contribution in [2.75, 3.05) is 6.54 Å². The third kappa shape index (κ3) is 2.65. The van der Waals surface area contributed by atoms with Gasteiger partial charge in [-0.15, -0.1) is 0 Å². The summed E-state index contributed by atoms with van der Waals surface area (Å²) in [5, 5.41) is 3.54. The van der Waals surface area contributed by atoms with Gasteiger partial charge in [-0.3, -0.25) is 0 Å². The summed E-state index contributed by atoms with van der Waals surface area (Å²) in [6.45, 7) is 9.36. The van der Waals surface area contributed by atoms with Crippen molar-refractivity contribution < 1.29 is 4.42 Å². The molecule has 1 atom stereocenters. The summed E-state index contributed by atoms with van der Waals surface area (Å²) in [5.74, 6) is 0.986. The molecule has 0 aliphatic carbocycles. The van der Waals surface area contributed by atoms with Gasteiger partial charge in [0.2, 0.25) is 0 Å². The van der Waals surface area contributed by atoms with Gasteiger partial charge in [-0.2, -0.15) is 0 Å². The fourth-order valence-corrected chi connectivity index (χ4v) is 2.48. The Bertz CT molecular complexity index is 507. The van der Waals surface area contributed by atoms with Gasteiger partial charge < -0.3 is 9.73 Å². The van der Waals surface area contributed by atoms with Crippen LogP contribution in [0.15, 0.2) is 34.9 Å². The van der Waals surface area contributed by atoms with Crippen LogP contribution >= 0.6 is 0 Å². The largest absolute Gasteiger partial charge is 0.469 e. The summed E-state index contributed by atoms with van der Waals surface area (Å²) < 4.78 is 5.43. The molecule has 0 saturated heterocycles. The number of hydrogen-bond acceptors (Lipinski definition) is 2. The van der Waals surface area contributed by atoms with E-state index in [9.17, 15) is 0 Å². The lowest BCUT2D eigenvalue weighted by Gasteiger charge is -2.19. The second-order valence-corrected chi connectivity index (χ2v) is 4.84. The van der Waals surface area contributed by atoms with Crippen molar-refractivity contribution in [2.24, 2.45) is 0 Å². The first kappa shape index (κ1) is 12.9. The van der Waals surface area contributed by atoms with E-state index in [2.05, 4.69) is 50.4 Å². The number of nitrogens with one attached hydrogen (secondary N) is 1. The second kappa shape index (κ2) is 5.40. The average Bonchev–Trinajstić information content (AvgIpc) is 2.71. The SMILES string of the molecule is CCNC(c1cc(C)cc(C)c1)c1ccoc1C. The molecule has 2 heteroatoms. The molecule has 0 amide bonds. The van der Waals surface area contributed by atoms with E-state index in [0.717, 1.165) is 12.3 Å².